The summed E-state index contributed by atoms with van der Waals surface area (Å²) in [6.45, 7) is 5.66. The minimum atomic E-state index is -0.274. The summed E-state index contributed by atoms with van der Waals surface area (Å²) < 4.78 is 0.900. The van der Waals surface area contributed by atoms with E-state index in [4.69, 9.17) is 0 Å². The third-order valence-electron chi connectivity index (χ3n) is 11.5. The van der Waals surface area contributed by atoms with Gasteiger partial charge in [-0.1, -0.05) is 70.6 Å². The van der Waals surface area contributed by atoms with Gasteiger partial charge in [0.1, 0.15) is 6.04 Å². The molecule has 0 amide bonds. The number of aliphatic hydroxyl groups is 2. The van der Waals surface area contributed by atoms with E-state index in [-0.39, 0.29) is 17.7 Å². The Morgan fingerprint density at radius 1 is 0.971 bits per heavy atom. The molecular formula is C30H47N2O2+. The van der Waals surface area contributed by atoms with Gasteiger partial charge in [-0.05, 0) is 36.8 Å². The molecule has 0 unspecified atom stereocenters. The Hall–Kier alpha value is -1.10. The molecule has 34 heavy (non-hydrogen) atoms. The smallest absolute Gasteiger partial charge is 0.194 e. The fourth-order valence-electron chi connectivity index (χ4n) is 10.4. The molecule has 5 aliphatic heterocycles. The van der Waals surface area contributed by atoms with Gasteiger partial charge in [0.05, 0.1) is 30.1 Å². The lowest BCUT2D eigenvalue weighted by molar-refractivity contribution is -1.04. The highest BCUT2D eigenvalue weighted by atomic mass is 16.3. The number of benzene rings is 1. The van der Waals surface area contributed by atoms with Crippen molar-refractivity contribution in [3.05, 3.63) is 29.8 Å². The van der Waals surface area contributed by atoms with E-state index in [0.29, 0.717) is 35.9 Å². The predicted octanol–water partition coefficient (Wildman–Crippen LogP) is 5.21. The normalized spacial score (nSPS) is 45.1. The van der Waals surface area contributed by atoms with Crippen molar-refractivity contribution in [2.75, 3.05) is 18.5 Å². The number of fused-ring (bicyclic) bond motifs is 2. The molecule has 0 aromatic heterocycles. The second kappa shape index (κ2) is 8.49. The van der Waals surface area contributed by atoms with Gasteiger partial charge in [-0.2, -0.15) is 0 Å². The minimum Gasteiger partial charge on any atom is -0.392 e. The van der Waals surface area contributed by atoms with Gasteiger partial charge in [-0.25, -0.2) is 0 Å². The summed E-state index contributed by atoms with van der Waals surface area (Å²) in [7, 11) is 2.27. The highest BCUT2D eigenvalue weighted by Gasteiger charge is 2.82. The molecule has 5 heterocycles. The van der Waals surface area contributed by atoms with Crippen LogP contribution in [0.5, 0.6) is 0 Å². The van der Waals surface area contributed by atoms with Gasteiger partial charge in [-0.15, -0.1) is 0 Å². The van der Waals surface area contributed by atoms with Gasteiger partial charge in [0.15, 0.2) is 6.23 Å². The number of aliphatic hydroxyl groups excluding tert-OH is 2. The van der Waals surface area contributed by atoms with Crippen molar-refractivity contribution in [1.29, 1.82) is 0 Å². The fourth-order valence-corrected chi connectivity index (χ4v) is 10.4. The summed E-state index contributed by atoms with van der Waals surface area (Å²) in [5.74, 6) is 1.17. The number of anilines is 1. The van der Waals surface area contributed by atoms with Crippen molar-refractivity contribution in [3.63, 3.8) is 0 Å². The second-order valence-electron chi connectivity index (χ2n) is 12.6. The highest BCUT2D eigenvalue weighted by molar-refractivity contribution is 5.66. The quantitative estimate of drug-likeness (QED) is 0.367. The average Bonchev–Trinajstić information content (AvgIpc) is 3.23. The Morgan fingerprint density at radius 3 is 2.41 bits per heavy atom. The van der Waals surface area contributed by atoms with E-state index in [2.05, 4.69) is 50.1 Å². The zero-order valence-corrected chi connectivity index (χ0v) is 21.7. The van der Waals surface area contributed by atoms with Gasteiger partial charge >= 0.3 is 0 Å². The first kappa shape index (κ1) is 23.3. The Balaban J connectivity index is 1.31. The number of likely N-dealkylation sites (N-methyl/N-ethyl adjacent to an activating group) is 1. The molecule has 1 aliphatic carbocycles. The number of piperidine rings is 4. The Labute approximate surface area is 206 Å². The van der Waals surface area contributed by atoms with Gasteiger partial charge in [0, 0.05) is 37.4 Å². The molecule has 1 spiro atoms. The zero-order chi connectivity index (χ0) is 23.7. The number of quaternary nitrogens is 1. The molecule has 0 radical (unpaired) electrons. The van der Waals surface area contributed by atoms with Crippen LogP contribution in [-0.4, -0.2) is 58.7 Å². The lowest BCUT2D eigenvalue weighted by Crippen LogP contribution is -2.83. The van der Waals surface area contributed by atoms with Crippen LogP contribution in [0.4, 0.5) is 5.69 Å². The van der Waals surface area contributed by atoms with Crippen LogP contribution in [-0.2, 0) is 5.41 Å². The molecule has 5 fully saturated rings. The van der Waals surface area contributed by atoms with E-state index >= 15 is 0 Å². The molecule has 10 atom stereocenters. The Morgan fingerprint density at radius 2 is 1.68 bits per heavy atom. The van der Waals surface area contributed by atoms with E-state index in [1.807, 2.05) is 0 Å². The van der Waals surface area contributed by atoms with Gasteiger partial charge in [0.25, 0.3) is 0 Å². The summed E-state index contributed by atoms with van der Waals surface area (Å²) in [4.78, 5) is 2.52. The van der Waals surface area contributed by atoms with Crippen LogP contribution in [0, 0.1) is 17.8 Å². The summed E-state index contributed by atoms with van der Waals surface area (Å²) in [6.07, 6.45) is 13.4. The molecule has 7 rings (SSSR count). The molecule has 188 valence electrons. The molecule has 1 aromatic carbocycles. The van der Waals surface area contributed by atoms with Crippen LogP contribution in [0.1, 0.15) is 90.0 Å². The minimum absolute atomic E-state index is 0.135. The Kier molecular flexibility index (Phi) is 5.82. The van der Waals surface area contributed by atoms with Crippen molar-refractivity contribution < 1.29 is 14.7 Å². The fraction of sp³-hybridized carbons (Fsp3) is 0.800. The van der Waals surface area contributed by atoms with E-state index in [1.165, 1.54) is 69.0 Å². The molecule has 6 aliphatic rings. The maximum Gasteiger partial charge on any atom is 0.194 e. The van der Waals surface area contributed by atoms with Crippen molar-refractivity contribution in [3.8, 4) is 0 Å². The van der Waals surface area contributed by atoms with Crippen LogP contribution in [0.3, 0.4) is 0 Å². The SMILES string of the molecule is CCCCCCCCCC[N@@+]12[C@H](O)[C@@H](CC)[C@H]3C[C@H]1[C@@H]1N(C)c4ccccc4[C@]14C[C@H]2[C@H]3[C@@H]4O. The number of nitrogens with zero attached hydrogens (tertiary/aromatic N) is 2. The van der Waals surface area contributed by atoms with Crippen molar-refractivity contribution in [1.82, 2.24) is 0 Å². The van der Waals surface area contributed by atoms with Crippen LogP contribution < -0.4 is 4.90 Å². The average molecular weight is 468 g/mol. The summed E-state index contributed by atoms with van der Waals surface area (Å²) >= 11 is 0. The third-order valence-corrected chi connectivity index (χ3v) is 11.5. The van der Waals surface area contributed by atoms with Gasteiger partial charge in [0.2, 0.25) is 0 Å². The summed E-state index contributed by atoms with van der Waals surface area (Å²) in [6, 6.07) is 10.1. The lowest BCUT2D eigenvalue weighted by atomic mass is 9.60. The van der Waals surface area contributed by atoms with Crippen LogP contribution >= 0.6 is 0 Å². The Bertz CT molecular complexity index is 906. The molecule has 1 aromatic rings. The second-order valence-corrected chi connectivity index (χ2v) is 12.6. The predicted molar refractivity (Wildman–Crippen MR) is 138 cm³/mol. The van der Waals surface area contributed by atoms with Gasteiger partial charge in [-0.3, -0.25) is 4.48 Å². The monoisotopic (exact) mass is 467 g/mol. The van der Waals surface area contributed by atoms with Crippen molar-refractivity contribution in [2.45, 2.75) is 120 Å². The number of hydrogen-bond acceptors (Lipinski definition) is 3. The molecule has 1 saturated carbocycles. The van der Waals surface area contributed by atoms with Crippen LogP contribution in [0.15, 0.2) is 24.3 Å². The van der Waals surface area contributed by atoms with E-state index in [9.17, 15) is 10.2 Å². The summed E-state index contributed by atoms with van der Waals surface area (Å²) in [5.41, 5.74) is 2.58. The molecule has 4 saturated heterocycles. The standard InChI is InChI=1S/C30H47N2O2/c1-4-6-7-8-9-10-11-14-17-32-24-18-21(20(5-2)29(32)34)26-25(32)19-30(28(26)33)22-15-12-13-16-23(22)31(3)27(24)30/h12-13,15-16,20-21,24-29,33-34H,4-11,14,17-19H2,1-3H3/q+1/t20-,21+,24-,25-,26-,27-,28-,29+,30+,32+/m0/s1. The molecule has 4 heteroatoms. The molecule has 5 bridgehead atoms. The maximum absolute atomic E-state index is 12.1. The number of unbranched alkanes of at least 4 members (excludes halogenated alkanes) is 7. The maximum atomic E-state index is 12.1. The van der Waals surface area contributed by atoms with Crippen LogP contribution in [0.25, 0.3) is 0 Å². The van der Waals surface area contributed by atoms with Crippen molar-refractivity contribution >= 4 is 5.69 Å². The first-order valence-electron chi connectivity index (χ1n) is 14.6. The molecular weight excluding hydrogens is 420 g/mol. The van der Waals surface area contributed by atoms with Gasteiger partial charge < -0.3 is 15.1 Å². The third kappa shape index (κ3) is 2.77. The number of para-hydroxylation sites is 1. The number of hydrogen-bond donors (Lipinski definition) is 2. The first-order valence-corrected chi connectivity index (χ1v) is 14.6. The topological polar surface area (TPSA) is 43.7 Å². The first-order chi connectivity index (χ1) is 16.5. The van der Waals surface area contributed by atoms with E-state index in [1.54, 1.807) is 0 Å². The van der Waals surface area contributed by atoms with Crippen molar-refractivity contribution in [2.24, 2.45) is 17.8 Å². The number of rotatable bonds is 10. The zero-order valence-electron chi connectivity index (χ0n) is 21.7. The summed E-state index contributed by atoms with van der Waals surface area (Å²) in [5, 5.41) is 24.2. The highest BCUT2D eigenvalue weighted by Crippen LogP contribution is 2.71. The molecule has 4 nitrogen and oxygen atoms in total. The van der Waals surface area contributed by atoms with E-state index in [0.717, 1.165) is 23.9 Å². The van der Waals surface area contributed by atoms with Crippen LogP contribution in [0.2, 0.25) is 0 Å². The lowest BCUT2D eigenvalue weighted by Gasteiger charge is -2.68. The molecule has 2 N–H and O–H groups in total. The van der Waals surface area contributed by atoms with E-state index < -0.39 is 0 Å². The largest absolute Gasteiger partial charge is 0.392 e.